The Morgan fingerprint density at radius 3 is 0.941 bits per heavy atom. The normalized spacial score (nSPS) is 11.6. The molecule has 0 N–H and O–H groups in total. The molecule has 0 fully saturated rings. The zero-order valence-electron chi connectivity index (χ0n) is 24.7. The minimum atomic E-state index is 0.842. The van der Waals surface area contributed by atoms with Gasteiger partial charge in [-0.05, 0) is 18.8 Å². The van der Waals surface area contributed by atoms with Gasteiger partial charge in [-0.15, -0.1) is 0 Å². The Balaban J connectivity index is 3.13. The van der Waals surface area contributed by atoms with Crippen LogP contribution in [0, 0.1) is 12.3 Å². The minimum absolute atomic E-state index is 0.842. The second kappa shape index (κ2) is 31.0. The molecule has 0 aliphatic rings. The molecule has 0 aromatic carbocycles. The van der Waals surface area contributed by atoms with Crippen molar-refractivity contribution in [3.8, 4) is 0 Å². The second-order valence-corrected chi connectivity index (χ2v) is 11.6. The first-order chi connectivity index (χ1) is 16.8. The van der Waals surface area contributed by atoms with Gasteiger partial charge in [0.15, 0.2) is 0 Å². The van der Waals surface area contributed by atoms with E-state index in [9.17, 15) is 0 Å². The molecule has 0 rings (SSSR count). The predicted octanol–water partition coefficient (Wildman–Crippen LogP) is 13.2. The Labute approximate surface area is 219 Å². The summed E-state index contributed by atoms with van der Waals surface area (Å²) in [6.07, 6.45) is 44.9. The SMILES string of the molecule is CCCCCCCCCCCCCCC[CH]C(C)CCCCCCCCCCCCCCCC. The first-order valence-corrected chi connectivity index (χ1v) is 16.6. The highest BCUT2D eigenvalue weighted by atomic mass is 14.1. The highest BCUT2D eigenvalue weighted by Gasteiger charge is 2.03. The van der Waals surface area contributed by atoms with Crippen molar-refractivity contribution in [3.05, 3.63) is 6.42 Å². The summed E-state index contributed by atoms with van der Waals surface area (Å²) in [7, 11) is 0. The van der Waals surface area contributed by atoms with Crippen LogP contribution in [0.15, 0.2) is 0 Å². The Bertz CT molecular complexity index is 301. The molecule has 0 spiro atoms. The number of rotatable bonds is 30. The van der Waals surface area contributed by atoms with Gasteiger partial charge in [-0.25, -0.2) is 0 Å². The van der Waals surface area contributed by atoms with Crippen LogP contribution in [0.1, 0.15) is 207 Å². The van der Waals surface area contributed by atoms with Crippen LogP contribution in [-0.4, -0.2) is 0 Å². The molecule has 0 saturated carbocycles. The molecule has 0 saturated heterocycles. The fraction of sp³-hybridized carbons (Fsp3) is 0.971. The van der Waals surface area contributed by atoms with Gasteiger partial charge in [0.05, 0.1) is 0 Å². The van der Waals surface area contributed by atoms with Gasteiger partial charge in [-0.2, -0.15) is 0 Å². The first kappa shape index (κ1) is 34.0. The minimum Gasteiger partial charge on any atom is -0.0654 e. The van der Waals surface area contributed by atoms with Gasteiger partial charge in [-0.1, -0.05) is 201 Å². The first-order valence-electron chi connectivity index (χ1n) is 16.6. The largest absolute Gasteiger partial charge is 0.0654 e. The van der Waals surface area contributed by atoms with Gasteiger partial charge in [-0.3, -0.25) is 0 Å². The highest BCUT2D eigenvalue weighted by Crippen LogP contribution is 2.19. The maximum Gasteiger partial charge on any atom is -0.0358 e. The lowest BCUT2D eigenvalue weighted by molar-refractivity contribution is 0.495. The number of unbranched alkanes of at least 4 members (excludes halogenated alkanes) is 26. The number of hydrogen-bond acceptors (Lipinski definition) is 0. The standard InChI is InChI=1S/C34H69/c1-4-6-8-10-12-14-16-18-20-22-24-26-28-30-32-34(3)33-31-29-27-25-23-21-19-17-15-13-11-9-7-5-2/h32,34H,4-31,33H2,1-3H3. The molecule has 0 nitrogen and oxygen atoms in total. The molecule has 0 bridgehead atoms. The lowest BCUT2D eigenvalue weighted by Crippen LogP contribution is -1.96. The van der Waals surface area contributed by atoms with Gasteiger partial charge >= 0.3 is 0 Å². The summed E-state index contributed by atoms with van der Waals surface area (Å²) >= 11 is 0. The van der Waals surface area contributed by atoms with E-state index < -0.39 is 0 Å². The van der Waals surface area contributed by atoms with Crippen LogP contribution in [0.25, 0.3) is 0 Å². The van der Waals surface area contributed by atoms with Gasteiger partial charge < -0.3 is 0 Å². The summed E-state index contributed by atoms with van der Waals surface area (Å²) in [6.45, 7) is 7.06. The van der Waals surface area contributed by atoms with Crippen LogP contribution < -0.4 is 0 Å². The van der Waals surface area contributed by atoms with E-state index in [4.69, 9.17) is 0 Å². The molecule has 0 heteroatoms. The van der Waals surface area contributed by atoms with Gasteiger partial charge in [0, 0.05) is 0 Å². The van der Waals surface area contributed by atoms with Crippen molar-refractivity contribution in [2.75, 3.05) is 0 Å². The van der Waals surface area contributed by atoms with E-state index in [0.717, 1.165) is 5.92 Å². The van der Waals surface area contributed by atoms with Crippen molar-refractivity contribution in [1.29, 1.82) is 0 Å². The zero-order chi connectivity index (χ0) is 24.8. The van der Waals surface area contributed by atoms with Crippen molar-refractivity contribution >= 4 is 0 Å². The Morgan fingerprint density at radius 2 is 0.618 bits per heavy atom. The molecule has 1 radical (unpaired) electrons. The monoisotopic (exact) mass is 478 g/mol. The third-order valence-electron chi connectivity index (χ3n) is 7.89. The van der Waals surface area contributed by atoms with Gasteiger partial charge in [0.25, 0.3) is 0 Å². The molecular weight excluding hydrogens is 408 g/mol. The molecule has 0 aliphatic carbocycles. The average Bonchev–Trinajstić information content (AvgIpc) is 2.84. The summed E-state index contributed by atoms with van der Waals surface area (Å²) in [5.74, 6) is 0.842. The van der Waals surface area contributed by atoms with E-state index in [2.05, 4.69) is 27.2 Å². The van der Waals surface area contributed by atoms with Crippen LogP contribution in [0.5, 0.6) is 0 Å². The Hall–Kier alpha value is 0. The van der Waals surface area contributed by atoms with Crippen molar-refractivity contribution in [3.63, 3.8) is 0 Å². The molecule has 205 valence electrons. The lowest BCUT2D eigenvalue weighted by Gasteiger charge is -2.11. The topological polar surface area (TPSA) is 0 Å². The van der Waals surface area contributed by atoms with Crippen molar-refractivity contribution < 1.29 is 0 Å². The van der Waals surface area contributed by atoms with E-state index in [1.165, 1.54) is 186 Å². The second-order valence-electron chi connectivity index (χ2n) is 11.6. The summed E-state index contributed by atoms with van der Waals surface area (Å²) in [4.78, 5) is 0. The average molecular weight is 478 g/mol. The van der Waals surface area contributed by atoms with E-state index in [-0.39, 0.29) is 0 Å². The molecule has 0 heterocycles. The van der Waals surface area contributed by atoms with Crippen molar-refractivity contribution in [2.45, 2.75) is 207 Å². The zero-order valence-corrected chi connectivity index (χ0v) is 24.7. The van der Waals surface area contributed by atoms with E-state index in [1.807, 2.05) is 0 Å². The molecule has 1 atom stereocenters. The quantitative estimate of drug-likeness (QED) is 0.0902. The maximum absolute atomic E-state index is 2.63. The van der Waals surface area contributed by atoms with Crippen LogP contribution in [-0.2, 0) is 0 Å². The smallest absolute Gasteiger partial charge is 0.0358 e. The Kier molecular flexibility index (Phi) is 31.0. The van der Waals surface area contributed by atoms with Crippen LogP contribution in [0.3, 0.4) is 0 Å². The summed E-state index contributed by atoms with van der Waals surface area (Å²) in [6, 6.07) is 0. The molecule has 0 aliphatic heterocycles. The predicted molar refractivity (Wildman–Crippen MR) is 159 cm³/mol. The maximum atomic E-state index is 2.63. The molecule has 34 heavy (non-hydrogen) atoms. The van der Waals surface area contributed by atoms with E-state index in [1.54, 1.807) is 0 Å². The van der Waals surface area contributed by atoms with Gasteiger partial charge in [0.2, 0.25) is 0 Å². The number of hydrogen-bond donors (Lipinski definition) is 0. The molecule has 1 unspecified atom stereocenters. The van der Waals surface area contributed by atoms with Crippen LogP contribution >= 0.6 is 0 Å². The third-order valence-corrected chi connectivity index (χ3v) is 7.89. The highest BCUT2D eigenvalue weighted by molar-refractivity contribution is 4.72. The fourth-order valence-corrected chi connectivity index (χ4v) is 5.34. The molecule has 0 aromatic heterocycles. The Morgan fingerprint density at radius 1 is 0.353 bits per heavy atom. The van der Waals surface area contributed by atoms with E-state index in [0.29, 0.717) is 0 Å². The van der Waals surface area contributed by atoms with Crippen molar-refractivity contribution in [1.82, 2.24) is 0 Å². The molecular formula is C34H69. The summed E-state index contributed by atoms with van der Waals surface area (Å²) < 4.78 is 0. The van der Waals surface area contributed by atoms with Crippen LogP contribution in [0.4, 0.5) is 0 Å². The van der Waals surface area contributed by atoms with E-state index >= 15 is 0 Å². The molecule has 0 aromatic rings. The fourth-order valence-electron chi connectivity index (χ4n) is 5.34. The lowest BCUT2D eigenvalue weighted by atomic mass is 9.95. The third kappa shape index (κ3) is 30.0. The van der Waals surface area contributed by atoms with Crippen LogP contribution in [0.2, 0.25) is 0 Å². The van der Waals surface area contributed by atoms with Crippen molar-refractivity contribution in [2.24, 2.45) is 5.92 Å². The summed E-state index contributed by atoms with van der Waals surface area (Å²) in [5.41, 5.74) is 0. The molecule has 0 amide bonds. The van der Waals surface area contributed by atoms with Gasteiger partial charge in [0.1, 0.15) is 0 Å². The summed E-state index contributed by atoms with van der Waals surface area (Å²) in [5, 5.41) is 0.